The van der Waals surface area contributed by atoms with Crippen molar-refractivity contribution in [1.29, 1.82) is 0 Å². The molecule has 0 saturated heterocycles. The first-order valence-corrected chi connectivity index (χ1v) is 8.23. The van der Waals surface area contributed by atoms with Crippen LogP contribution in [0.15, 0.2) is 42.6 Å². The van der Waals surface area contributed by atoms with Gasteiger partial charge in [-0.05, 0) is 36.8 Å². The summed E-state index contributed by atoms with van der Waals surface area (Å²) in [6, 6.07) is 10.3. The smallest absolute Gasteiger partial charge is 0.228 e. The van der Waals surface area contributed by atoms with Crippen LogP contribution < -0.4 is 10.6 Å². The number of carbonyl (C=O) groups is 2. The number of benzene rings is 1. The minimum atomic E-state index is -0.344. The van der Waals surface area contributed by atoms with Crippen molar-refractivity contribution in [2.24, 2.45) is 11.8 Å². The van der Waals surface area contributed by atoms with Crippen molar-refractivity contribution in [3.05, 3.63) is 58.3 Å². The van der Waals surface area contributed by atoms with Crippen LogP contribution in [0.3, 0.4) is 0 Å². The Bertz CT molecular complexity index is 768. The number of hydrogen-bond donors (Lipinski definition) is 2. The maximum atomic E-state index is 12.2. The molecule has 2 atom stereocenters. The molecule has 124 valence electrons. The predicted octanol–water partition coefficient (Wildman–Crippen LogP) is 3.28. The first-order chi connectivity index (χ1) is 11.5. The molecule has 1 aliphatic carbocycles. The second-order valence-electron chi connectivity index (χ2n) is 5.60. The average Bonchev–Trinajstić information content (AvgIpc) is 3.38. The number of halogens is 2. The topological polar surface area (TPSA) is 71.1 Å². The van der Waals surface area contributed by atoms with Crippen molar-refractivity contribution in [2.75, 3.05) is 5.32 Å². The Kier molecular flexibility index (Phi) is 5.02. The van der Waals surface area contributed by atoms with Crippen molar-refractivity contribution in [3.63, 3.8) is 0 Å². The first kappa shape index (κ1) is 16.7. The molecule has 2 amide bonds. The van der Waals surface area contributed by atoms with Crippen LogP contribution >= 0.6 is 23.2 Å². The maximum absolute atomic E-state index is 12.2. The Balaban J connectivity index is 1.52. The summed E-state index contributed by atoms with van der Waals surface area (Å²) < 4.78 is 0. The number of rotatable bonds is 5. The fourth-order valence-corrected chi connectivity index (χ4v) is 2.74. The molecule has 1 aromatic heterocycles. The summed E-state index contributed by atoms with van der Waals surface area (Å²) >= 11 is 11.9. The van der Waals surface area contributed by atoms with Gasteiger partial charge in [0.15, 0.2) is 0 Å². The summed E-state index contributed by atoms with van der Waals surface area (Å²) in [5, 5.41) is 6.41. The minimum absolute atomic E-state index is 0.141. The molecule has 2 aromatic rings. The Morgan fingerprint density at radius 1 is 1.12 bits per heavy atom. The van der Waals surface area contributed by atoms with Gasteiger partial charge in [0.1, 0.15) is 0 Å². The van der Waals surface area contributed by atoms with Crippen molar-refractivity contribution in [2.45, 2.75) is 13.0 Å². The van der Waals surface area contributed by atoms with Crippen molar-refractivity contribution < 1.29 is 9.59 Å². The van der Waals surface area contributed by atoms with Gasteiger partial charge in [-0.15, -0.1) is 0 Å². The molecule has 0 radical (unpaired) electrons. The standard InChI is InChI=1S/C17H15Cl2N3O2/c18-10-4-5-14(19)15(7-10)22-17(24)13-8-12(13)16(23)21-9-11-3-1-2-6-20-11/h1-7,12-13H,8-9H2,(H,21,23)(H,22,24). The van der Waals surface area contributed by atoms with Crippen LogP contribution in [0.1, 0.15) is 12.1 Å². The van der Waals surface area contributed by atoms with Crippen molar-refractivity contribution in [1.82, 2.24) is 10.3 Å². The maximum Gasteiger partial charge on any atom is 0.228 e. The fourth-order valence-electron chi connectivity index (χ4n) is 2.40. The molecule has 3 rings (SSSR count). The van der Waals surface area contributed by atoms with E-state index in [9.17, 15) is 9.59 Å². The molecular formula is C17H15Cl2N3O2. The Labute approximate surface area is 149 Å². The van der Waals surface area contributed by atoms with Crippen molar-refractivity contribution >= 4 is 40.7 Å². The number of hydrogen-bond acceptors (Lipinski definition) is 3. The molecule has 24 heavy (non-hydrogen) atoms. The molecule has 0 spiro atoms. The Hall–Kier alpha value is -2.11. The lowest BCUT2D eigenvalue weighted by Crippen LogP contribution is -2.27. The van der Waals surface area contributed by atoms with Crippen LogP contribution in [-0.4, -0.2) is 16.8 Å². The summed E-state index contributed by atoms with van der Waals surface area (Å²) in [5.74, 6) is -1.02. The molecule has 1 aromatic carbocycles. The van der Waals surface area contributed by atoms with Gasteiger partial charge in [0, 0.05) is 11.2 Å². The van der Waals surface area contributed by atoms with E-state index < -0.39 is 0 Å². The van der Waals surface area contributed by atoms with Gasteiger partial charge in [0.25, 0.3) is 0 Å². The number of nitrogens with zero attached hydrogens (tertiary/aromatic N) is 1. The normalized spacial score (nSPS) is 18.8. The monoisotopic (exact) mass is 363 g/mol. The van der Waals surface area contributed by atoms with Gasteiger partial charge in [-0.2, -0.15) is 0 Å². The molecule has 2 unspecified atom stereocenters. The molecule has 5 nitrogen and oxygen atoms in total. The van der Waals surface area contributed by atoms with E-state index in [1.54, 1.807) is 24.4 Å². The zero-order chi connectivity index (χ0) is 17.1. The lowest BCUT2D eigenvalue weighted by atomic mass is 10.2. The van der Waals surface area contributed by atoms with Gasteiger partial charge in [-0.3, -0.25) is 14.6 Å². The minimum Gasteiger partial charge on any atom is -0.350 e. The van der Waals surface area contributed by atoms with E-state index in [1.165, 1.54) is 0 Å². The van der Waals surface area contributed by atoms with Gasteiger partial charge in [-0.1, -0.05) is 29.3 Å². The van der Waals surface area contributed by atoms with Crippen LogP contribution in [0, 0.1) is 11.8 Å². The number of amides is 2. The molecule has 7 heteroatoms. The molecular weight excluding hydrogens is 349 g/mol. The molecule has 1 saturated carbocycles. The van der Waals surface area contributed by atoms with E-state index in [0.29, 0.717) is 28.7 Å². The number of aromatic nitrogens is 1. The zero-order valence-electron chi connectivity index (χ0n) is 12.6. The third-order valence-corrected chi connectivity index (χ3v) is 4.38. The van der Waals surface area contributed by atoms with Crippen LogP contribution in [0.2, 0.25) is 10.0 Å². The lowest BCUT2D eigenvalue weighted by Gasteiger charge is -2.08. The highest BCUT2D eigenvalue weighted by Crippen LogP contribution is 2.40. The van der Waals surface area contributed by atoms with Gasteiger partial charge in [0.05, 0.1) is 34.8 Å². The molecule has 1 aliphatic rings. The van der Waals surface area contributed by atoms with Crippen LogP contribution in [0.25, 0.3) is 0 Å². The second-order valence-corrected chi connectivity index (χ2v) is 6.44. The second kappa shape index (κ2) is 7.20. The number of pyridine rings is 1. The SMILES string of the molecule is O=C(NCc1ccccn1)C1CC1C(=O)Nc1cc(Cl)ccc1Cl. The largest absolute Gasteiger partial charge is 0.350 e. The zero-order valence-corrected chi connectivity index (χ0v) is 14.1. The Morgan fingerprint density at radius 2 is 1.92 bits per heavy atom. The predicted molar refractivity (Wildman–Crippen MR) is 92.8 cm³/mol. The third-order valence-electron chi connectivity index (χ3n) is 3.82. The molecule has 2 N–H and O–H groups in total. The van der Waals surface area contributed by atoms with Gasteiger partial charge >= 0.3 is 0 Å². The van der Waals surface area contributed by atoms with Crippen molar-refractivity contribution in [3.8, 4) is 0 Å². The number of nitrogens with one attached hydrogen (secondary N) is 2. The third kappa shape index (κ3) is 4.04. The summed E-state index contributed by atoms with van der Waals surface area (Å²) in [7, 11) is 0. The van der Waals surface area contributed by atoms with Gasteiger partial charge < -0.3 is 10.6 Å². The van der Waals surface area contributed by atoms with Gasteiger partial charge in [-0.25, -0.2) is 0 Å². The van der Waals surface area contributed by atoms with E-state index in [0.717, 1.165) is 5.69 Å². The number of anilines is 1. The lowest BCUT2D eigenvalue weighted by molar-refractivity contribution is -0.125. The average molecular weight is 364 g/mol. The highest BCUT2D eigenvalue weighted by Gasteiger charge is 2.48. The first-order valence-electron chi connectivity index (χ1n) is 7.48. The summed E-state index contributed by atoms with van der Waals surface area (Å²) in [5.41, 5.74) is 1.23. The quantitative estimate of drug-likeness (QED) is 0.855. The molecule has 0 aliphatic heterocycles. The summed E-state index contributed by atoms with van der Waals surface area (Å²) in [4.78, 5) is 28.5. The Morgan fingerprint density at radius 3 is 2.67 bits per heavy atom. The molecule has 1 fully saturated rings. The van der Waals surface area contributed by atoms with Crippen LogP contribution in [0.4, 0.5) is 5.69 Å². The van der Waals surface area contributed by atoms with E-state index in [2.05, 4.69) is 15.6 Å². The highest BCUT2D eigenvalue weighted by atomic mass is 35.5. The van der Waals surface area contributed by atoms with E-state index >= 15 is 0 Å². The van der Waals surface area contributed by atoms with E-state index in [-0.39, 0.29) is 23.7 Å². The van der Waals surface area contributed by atoms with Gasteiger partial charge in [0.2, 0.25) is 11.8 Å². The van der Waals surface area contributed by atoms with Crippen LogP contribution in [-0.2, 0) is 16.1 Å². The summed E-state index contributed by atoms with van der Waals surface area (Å²) in [6.07, 6.45) is 2.20. The summed E-state index contributed by atoms with van der Waals surface area (Å²) in [6.45, 7) is 0.352. The number of carbonyl (C=O) groups excluding carboxylic acids is 2. The van der Waals surface area contributed by atoms with Crippen LogP contribution in [0.5, 0.6) is 0 Å². The highest BCUT2D eigenvalue weighted by molar-refractivity contribution is 6.35. The van der Waals surface area contributed by atoms with E-state index in [4.69, 9.17) is 23.2 Å². The fraction of sp³-hybridized carbons (Fsp3) is 0.235. The van der Waals surface area contributed by atoms with E-state index in [1.807, 2.05) is 18.2 Å². The molecule has 0 bridgehead atoms. The molecule has 1 heterocycles.